The molecule has 3 aromatic rings. The number of nitrogens with zero attached hydrogens (tertiary/aromatic N) is 4. The van der Waals surface area contributed by atoms with Crippen LogP contribution in [0, 0.1) is 6.92 Å². The van der Waals surface area contributed by atoms with E-state index in [0.717, 1.165) is 28.4 Å². The first kappa shape index (κ1) is 11.8. The van der Waals surface area contributed by atoms with Gasteiger partial charge in [-0.2, -0.15) is 5.10 Å². The van der Waals surface area contributed by atoms with Crippen molar-refractivity contribution in [2.45, 2.75) is 6.92 Å². The van der Waals surface area contributed by atoms with Gasteiger partial charge in [0.2, 0.25) is 5.95 Å². The summed E-state index contributed by atoms with van der Waals surface area (Å²) in [7, 11) is 0. The van der Waals surface area contributed by atoms with Crippen LogP contribution < -0.4 is 5.43 Å². The maximum absolute atomic E-state index is 4.53. The molecule has 0 spiro atoms. The molecule has 1 aliphatic rings. The molecular weight excluding hydrogens is 262 g/mol. The highest BCUT2D eigenvalue weighted by molar-refractivity contribution is 6.15. The molecule has 0 bridgehead atoms. The molecule has 4 rings (SSSR count). The Morgan fingerprint density at radius 1 is 0.905 bits per heavy atom. The highest BCUT2D eigenvalue weighted by atomic mass is 15.5. The van der Waals surface area contributed by atoms with Crippen LogP contribution in [0.25, 0.3) is 5.69 Å². The molecule has 5 heteroatoms. The van der Waals surface area contributed by atoms with Crippen molar-refractivity contribution < 1.29 is 0 Å². The number of anilines is 1. The van der Waals surface area contributed by atoms with Crippen LogP contribution in [0.15, 0.2) is 59.7 Å². The van der Waals surface area contributed by atoms with E-state index in [-0.39, 0.29) is 0 Å². The Morgan fingerprint density at radius 2 is 1.67 bits per heavy atom. The first-order chi connectivity index (χ1) is 10.3. The summed E-state index contributed by atoms with van der Waals surface area (Å²) in [5.74, 6) is 1.46. The van der Waals surface area contributed by atoms with Gasteiger partial charge in [0.25, 0.3) is 0 Å². The van der Waals surface area contributed by atoms with Crippen molar-refractivity contribution in [3.05, 3.63) is 71.5 Å². The van der Waals surface area contributed by atoms with E-state index < -0.39 is 0 Å². The number of fused-ring (bicyclic) bond motifs is 3. The standard InChI is InChI=1S/C16H13N5/c1-11-17-19-16-20-18-15(12-7-3-2-4-8-12)13-9-5-6-10-14(13)21(11)16/h2-10H,1H3,(H,19,20). The van der Waals surface area contributed by atoms with Crippen LogP contribution in [-0.4, -0.2) is 20.5 Å². The van der Waals surface area contributed by atoms with E-state index in [1.54, 1.807) is 0 Å². The lowest BCUT2D eigenvalue weighted by Gasteiger charge is -2.10. The van der Waals surface area contributed by atoms with Crippen molar-refractivity contribution in [2.24, 2.45) is 5.10 Å². The molecule has 0 aliphatic carbocycles. The number of rotatable bonds is 1. The zero-order valence-corrected chi connectivity index (χ0v) is 11.5. The van der Waals surface area contributed by atoms with Gasteiger partial charge in [0, 0.05) is 11.1 Å². The fraction of sp³-hybridized carbons (Fsp3) is 0.0625. The number of benzene rings is 2. The molecule has 0 saturated heterocycles. The van der Waals surface area contributed by atoms with E-state index in [1.165, 1.54) is 0 Å². The van der Waals surface area contributed by atoms with Gasteiger partial charge in [-0.05, 0) is 13.0 Å². The molecule has 0 fully saturated rings. The van der Waals surface area contributed by atoms with Gasteiger partial charge in [0.15, 0.2) is 0 Å². The molecule has 1 aliphatic heterocycles. The molecule has 0 amide bonds. The summed E-state index contributed by atoms with van der Waals surface area (Å²) in [4.78, 5) is 0. The first-order valence-electron chi connectivity index (χ1n) is 6.75. The molecule has 2 heterocycles. The van der Waals surface area contributed by atoms with E-state index in [9.17, 15) is 0 Å². The highest BCUT2D eigenvalue weighted by Gasteiger charge is 2.20. The summed E-state index contributed by atoms with van der Waals surface area (Å²) in [6, 6.07) is 18.3. The quantitative estimate of drug-likeness (QED) is 0.743. The van der Waals surface area contributed by atoms with E-state index >= 15 is 0 Å². The molecule has 102 valence electrons. The number of aryl methyl sites for hydroxylation is 1. The predicted molar refractivity (Wildman–Crippen MR) is 81.8 cm³/mol. The van der Waals surface area contributed by atoms with Crippen molar-refractivity contribution >= 4 is 11.7 Å². The van der Waals surface area contributed by atoms with Gasteiger partial charge in [0.1, 0.15) is 5.82 Å². The summed E-state index contributed by atoms with van der Waals surface area (Å²) >= 11 is 0. The van der Waals surface area contributed by atoms with Crippen molar-refractivity contribution in [3.8, 4) is 5.69 Å². The zero-order valence-electron chi connectivity index (χ0n) is 11.5. The topological polar surface area (TPSA) is 55.1 Å². The van der Waals surface area contributed by atoms with Crippen LogP contribution in [-0.2, 0) is 0 Å². The van der Waals surface area contributed by atoms with Gasteiger partial charge in [-0.15, -0.1) is 10.2 Å². The highest BCUT2D eigenvalue weighted by Crippen LogP contribution is 2.26. The maximum Gasteiger partial charge on any atom is 0.249 e. The number of hydrazone groups is 1. The second-order valence-electron chi connectivity index (χ2n) is 4.86. The predicted octanol–water partition coefficient (Wildman–Crippen LogP) is 2.75. The van der Waals surface area contributed by atoms with Crippen molar-refractivity contribution in [2.75, 3.05) is 5.43 Å². The van der Waals surface area contributed by atoms with Gasteiger partial charge in [0.05, 0.1) is 11.4 Å². The number of hydrogen-bond acceptors (Lipinski definition) is 4. The third kappa shape index (κ3) is 1.82. The van der Waals surface area contributed by atoms with Crippen LogP contribution in [0.2, 0.25) is 0 Å². The Bertz CT molecular complexity index is 833. The summed E-state index contributed by atoms with van der Waals surface area (Å²) in [5, 5.41) is 12.8. The largest absolute Gasteiger partial charge is 0.264 e. The van der Waals surface area contributed by atoms with E-state index in [2.05, 4.69) is 45.0 Å². The summed E-state index contributed by atoms with van der Waals surface area (Å²) in [5.41, 5.74) is 7.07. The molecule has 1 N–H and O–H groups in total. The average Bonchev–Trinajstić information content (AvgIpc) is 2.81. The van der Waals surface area contributed by atoms with Gasteiger partial charge in [-0.25, -0.2) is 5.43 Å². The minimum Gasteiger partial charge on any atom is -0.264 e. The summed E-state index contributed by atoms with van der Waals surface area (Å²) in [6.45, 7) is 1.93. The lowest BCUT2D eigenvalue weighted by atomic mass is 10.0. The lowest BCUT2D eigenvalue weighted by Crippen LogP contribution is -2.07. The monoisotopic (exact) mass is 275 g/mol. The Labute approximate surface area is 122 Å². The smallest absolute Gasteiger partial charge is 0.249 e. The third-order valence-corrected chi connectivity index (χ3v) is 3.54. The van der Waals surface area contributed by atoms with Crippen LogP contribution in [0.3, 0.4) is 0 Å². The summed E-state index contributed by atoms with van der Waals surface area (Å²) < 4.78 is 1.98. The normalized spacial score (nSPS) is 12.7. The van der Waals surface area contributed by atoms with E-state index in [1.807, 2.05) is 41.8 Å². The summed E-state index contributed by atoms with van der Waals surface area (Å²) in [6.07, 6.45) is 0. The molecule has 0 atom stereocenters. The fourth-order valence-electron chi connectivity index (χ4n) is 2.57. The van der Waals surface area contributed by atoms with Gasteiger partial charge < -0.3 is 0 Å². The van der Waals surface area contributed by atoms with Crippen LogP contribution in [0.1, 0.15) is 17.0 Å². The van der Waals surface area contributed by atoms with Gasteiger partial charge in [-0.3, -0.25) is 4.57 Å². The van der Waals surface area contributed by atoms with Crippen molar-refractivity contribution in [3.63, 3.8) is 0 Å². The molecule has 2 aromatic carbocycles. The molecule has 5 nitrogen and oxygen atoms in total. The van der Waals surface area contributed by atoms with Crippen LogP contribution >= 0.6 is 0 Å². The maximum atomic E-state index is 4.53. The molecule has 0 saturated carbocycles. The fourth-order valence-corrected chi connectivity index (χ4v) is 2.57. The van der Waals surface area contributed by atoms with Crippen molar-refractivity contribution in [1.82, 2.24) is 14.8 Å². The minimum atomic E-state index is 0.630. The van der Waals surface area contributed by atoms with Crippen LogP contribution in [0.4, 0.5) is 5.95 Å². The molecule has 0 radical (unpaired) electrons. The Balaban J connectivity index is 1.99. The van der Waals surface area contributed by atoms with E-state index in [0.29, 0.717) is 5.95 Å². The second-order valence-corrected chi connectivity index (χ2v) is 4.86. The van der Waals surface area contributed by atoms with Crippen LogP contribution in [0.5, 0.6) is 0 Å². The Hall–Kier alpha value is -2.95. The van der Waals surface area contributed by atoms with Gasteiger partial charge >= 0.3 is 0 Å². The lowest BCUT2D eigenvalue weighted by molar-refractivity contribution is 0.970. The molecule has 21 heavy (non-hydrogen) atoms. The second kappa shape index (κ2) is 4.56. The SMILES string of the molecule is Cc1nnc2n1-c1ccccc1C(c1ccccc1)=NN2. The number of aromatic nitrogens is 3. The number of para-hydroxylation sites is 1. The van der Waals surface area contributed by atoms with E-state index in [4.69, 9.17) is 0 Å². The molecular formula is C16H13N5. The first-order valence-corrected chi connectivity index (χ1v) is 6.75. The van der Waals surface area contributed by atoms with Crippen molar-refractivity contribution in [1.29, 1.82) is 0 Å². The average molecular weight is 275 g/mol. The van der Waals surface area contributed by atoms with Gasteiger partial charge in [-0.1, -0.05) is 48.5 Å². The third-order valence-electron chi connectivity index (χ3n) is 3.54. The zero-order chi connectivity index (χ0) is 14.2. The molecule has 0 unspecified atom stereocenters. The minimum absolute atomic E-state index is 0.630. The number of nitrogens with one attached hydrogen (secondary N) is 1. The Kier molecular flexibility index (Phi) is 2.57. The number of hydrogen-bond donors (Lipinski definition) is 1. The molecule has 1 aromatic heterocycles. The Morgan fingerprint density at radius 3 is 2.52 bits per heavy atom.